The number of unbranched alkanes of at least 4 members (excludes halogenated alkanes) is 17. The first-order valence-corrected chi connectivity index (χ1v) is 39.0. The quantitative estimate of drug-likeness (QED) is 0.0356. The molecule has 1 amide bonds. The van der Waals surface area contributed by atoms with Crippen LogP contribution in [0.5, 0.6) is 0 Å². The Bertz CT molecular complexity index is 761. The average molecular weight is 807 g/mol. The zero-order valence-electron chi connectivity index (χ0n) is 36.0. The third-order valence-corrected chi connectivity index (χ3v) is 28.2. The van der Waals surface area contributed by atoms with Crippen LogP contribution in [0.3, 0.4) is 0 Å². The fourth-order valence-corrected chi connectivity index (χ4v) is 25.6. The van der Waals surface area contributed by atoms with Crippen LogP contribution >= 0.6 is 0 Å². The molecular formula is C39H91NO4Si6. The highest BCUT2D eigenvalue weighted by atomic mass is 28.5. The summed E-state index contributed by atoms with van der Waals surface area (Å²) in [6.45, 7) is 28.0. The number of amides is 1. The molecule has 0 aliphatic rings. The molecule has 11 heteroatoms. The molecule has 0 radical (unpaired) electrons. The third kappa shape index (κ3) is 31.0. The molecule has 0 atom stereocenters. The smallest absolute Gasteiger partial charge is 0.420 e. The average Bonchev–Trinajstić information content (AvgIpc) is 3.01. The van der Waals surface area contributed by atoms with Gasteiger partial charge in [-0.05, 0) is 59.0 Å². The van der Waals surface area contributed by atoms with Crippen LogP contribution in [0, 0.1) is 0 Å². The predicted molar refractivity (Wildman–Crippen MR) is 240 cm³/mol. The van der Waals surface area contributed by atoms with Gasteiger partial charge in [-0.15, -0.1) is 0 Å². The topological polar surface area (TPSA) is 48.0 Å². The minimum atomic E-state index is -2.45. The Morgan fingerprint density at radius 1 is 0.440 bits per heavy atom. The standard InChI is InChI=1S/C39H91NO4Si6/c1-12-40(39-41)33-27-21-15-13-14-16-22-28-34-48(8,9)35-29-23-17-18-24-30-36-49(10,11)37-31-25-19-20-26-32-38-50(42-45(2)3,43-46(4)5)44-47(6)7/h39,45-47H,12-38H2,1-11H3. The van der Waals surface area contributed by atoms with Crippen molar-refractivity contribution >= 4 is 58.5 Å². The maximum Gasteiger partial charge on any atom is 0.468 e. The lowest BCUT2D eigenvalue weighted by Crippen LogP contribution is -2.53. The van der Waals surface area contributed by atoms with Gasteiger partial charge in [0.25, 0.3) is 0 Å². The third-order valence-electron chi connectivity index (χ3n) is 10.4. The first-order chi connectivity index (χ1) is 23.7. The molecule has 0 rings (SSSR count). The van der Waals surface area contributed by atoms with Gasteiger partial charge in [-0.1, -0.05) is 166 Å². The maximum atomic E-state index is 10.9. The molecular weight excluding hydrogens is 715 g/mol. The summed E-state index contributed by atoms with van der Waals surface area (Å²) in [6, 6.07) is 7.18. The lowest BCUT2D eigenvalue weighted by atomic mass is 10.1. The van der Waals surface area contributed by atoms with E-state index >= 15 is 0 Å². The molecule has 0 heterocycles. The molecule has 0 saturated carbocycles. The second kappa shape index (κ2) is 30.9. The van der Waals surface area contributed by atoms with Gasteiger partial charge in [0, 0.05) is 35.3 Å². The van der Waals surface area contributed by atoms with Gasteiger partial charge in [-0.25, -0.2) is 0 Å². The molecule has 5 nitrogen and oxygen atoms in total. The van der Waals surface area contributed by atoms with Crippen molar-refractivity contribution in [1.82, 2.24) is 4.90 Å². The van der Waals surface area contributed by atoms with Crippen molar-refractivity contribution < 1.29 is 17.1 Å². The number of rotatable bonds is 37. The lowest BCUT2D eigenvalue weighted by Gasteiger charge is -2.35. The number of carbonyl (C=O) groups excluding carboxylic acids is 1. The van der Waals surface area contributed by atoms with Crippen molar-refractivity contribution in [3.05, 3.63) is 0 Å². The van der Waals surface area contributed by atoms with E-state index in [9.17, 15) is 4.79 Å². The zero-order valence-corrected chi connectivity index (χ0v) is 42.4. The van der Waals surface area contributed by atoms with E-state index in [4.69, 9.17) is 12.3 Å². The molecule has 0 spiro atoms. The van der Waals surface area contributed by atoms with Gasteiger partial charge in [-0.3, -0.25) is 4.79 Å². The second-order valence-electron chi connectivity index (χ2n) is 18.1. The summed E-state index contributed by atoms with van der Waals surface area (Å²) in [5, 5.41) is 0. The minimum absolute atomic E-state index is 0.845. The van der Waals surface area contributed by atoms with E-state index in [0.717, 1.165) is 25.5 Å². The normalized spacial score (nSPS) is 12.9. The van der Waals surface area contributed by atoms with Crippen molar-refractivity contribution in [2.24, 2.45) is 0 Å². The lowest BCUT2D eigenvalue weighted by molar-refractivity contribution is -0.118. The Kier molecular flexibility index (Phi) is 31.3. The SMILES string of the molecule is CCN(C=O)CCCCCCCCCC[Si](C)(C)CCCCCCCC[Si](C)(C)CCCCCCCC[Si](O[SiH](C)C)(O[SiH](C)C)O[SiH](C)C. The van der Waals surface area contributed by atoms with Crippen LogP contribution in [0.2, 0.25) is 95.7 Å². The van der Waals surface area contributed by atoms with Gasteiger partial charge in [0.05, 0.1) is 0 Å². The monoisotopic (exact) mass is 806 g/mol. The van der Waals surface area contributed by atoms with E-state index in [2.05, 4.69) is 72.4 Å². The number of hydrogen-bond acceptors (Lipinski definition) is 4. The highest BCUT2D eigenvalue weighted by Gasteiger charge is 2.42. The molecule has 300 valence electrons. The largest absolute Gasteiger partial charge is 0.468 e. The first kappa shape index (κ1) is 50.7. The fraction of sp³-hybridized carbons (Fsp3) is 0.974. The highest BCUT2D eigenvalue weighted by Crippen LogP contribution is 2.27. The van der Waals surface area contributed by atoms with Crippen molar-refractivity contribution in [2.75, 3.05) is 13.1 Å². The zero-order chi connectivity index (χ0) is 37.7. The van der Waals surface area contributed by atoms with Gasteiger partial charge >= 0.3 is 8.80 Å². The molecule has 0 aromatic heterocycles. The molecule has 50 heavy (non-hydrogen) atoms. The number of carbonyl (C=O) groups is 1. The molecule has 0 aromatic rings. The summed E-state index contributed by atoms with van der Waals surface area (Å²) in [7, 11) is -8.02. The molecule has 0 aliphatic carbocycles. The Balaban J connectivity index is 3.84. The summed E-state index contributed by atoms with van der Waals surface area (Å²) >= 11 is 0. The van der Waals surface area contributed by atoms with Crippen LogP contribution in [0.25, 0.3) is 0 Å². The summed E-state index contributed by atoms with van der Waals surface area (Å²) in [5.74, 6) is 0. The van der Waals surface area contributed by atoms with E-state index < -0.39 is 52.1 Å². The summed E-state index contributed by atoms with van der Waals surface area (Å²) in [6.07, 6.45) is 28.8. The summed E-state index contributed by atoms with van der Waals surface area (Å²) < 4.78 is 19.7. The van der Waals surface area contributed by atoms with E-state index in [0.29, 0.717) is 0 Å². The molecule has 0 aliphatic heterocycles. The van der Waals surface area contributed by atoms with Crippen molar-refractivity contribution in [3.63, 3.8) is 0 Å². The van der Waals surface area contributed by atoms with E-state index in [-0.39, 0.29) is 0 Å². The van der Waals surface area contributed by atoms with Crippen LogP contribution in [0.1, 0.15) is 135 Å². The Morgan fingerprint density at radius 2 is 0.700 bits per heavy atom. The highest BCUT2D eigenvalue weighted by molar-refractivity contribution is 6.80. The molecule has 0 N–H and O–H groups in total. The Morgan fingerprint density at radius 3 is 0.960 bits per heavy atom. The summed E-state index contributed by atoms with van der Waals surface area (Å²) in [5.41, 5.74) is 0. The van der Waals surface area contributed by atoms with Crippen LogP contribution in [0.15, 0.2) is 0 Å². The van der Waals surface area contributed by atoms with Crippen LogP contribution < -0.4 is 0 Å². The van der Waals surface area contributed by atoms with Crippen molar-refractivity contribution in [2.45, 2.75) is 231 Å². The van der Waals surface area contributed by atoms with Gasteiger partial charge in [-0.2, -0.15) is 0 Å². The molecule has 0 fully saturated rings. The molecule has 0 saturated heterocycles. The summed E-state index contributed by atoms with van der Waals surface area (Å²) in [4.78, 5) is 12.7. The van der Waals surface area contributed by atoms with Crippen LogP contribution in [0.4, 0.5) is 0 Å². The molecule has 0 bridgehead atoms. The second-order valence-corrected chi connectivity index (χ2v) is 39.7. The molecule has 0 unspecified atom stereocenters. The van der Waals surface area contributed by atoms with Gasteiger partial charge in [0.1, 0.15) is 0 Å². The van der Waals surface area contributed by atoms with Gasteiger partial charge in [0.15, 0.2) is 27.1 Å². The van der Waals surface area contributed by atoms with Crippen molar-refractivity contribution in [3.8, 4) is 0 Å². The Labute approximate surface area is 323 Å². The number of nitrogens with zero attached hydrogens (tertiary/aromatic N) is 1. The molecule has 0 aromatic carbocycles. The fourth-order valence-electron chi connectivity index (χ4n) is 7.42. The minimum Gasteiger partial charge on any atom is -0.420 e. The van der Waals surface area contributed by atoms with Crippen molar-refractivity contribution in [1.29, 1.82) is 0 Å². The van der Waals surface area contributed by atoms with Crippen LogP contribution in [-0.4, -0.2) is 76.5 Å². The van der Waals surface area contributed by atoms with E-state index in [1.807, 2.05) is 4.90 Å². The van der Waals surface area contributed by atoms with Gasteiger partial charge in [0.2, 0.25) is 6.41 Å². The number of hydrogen-bond donors (Lipinski definition) is 0. The van der Waals surface area contributed by atoms with Gasteiger partial charge < -0.3 is 17.2 Å². The first-order valence-electron chi connectivity index (χ1n) is 21.9. The van der Waals surface area contributed by atoms with E-state index in [1.54, 1.807) is 6.04 Å². The predicted octanol–water partition coefficient (Wildman–Crippen LogP) is 12.6. The Hall–Kier alpha value is 0.651. The van der Waals surface area contributed by atoms with E-state index in [1.165, 1.54) is 147 Å². The maximum absolute atomic E-state index is 10.9. The van der Waals surface area contributed by atoms with Crippen LogP contribution in [-0.2, 0) is 17.1 Å².